The van der Waals surface area contributed by atoms with E-state index in [9.17, 15) is 4.79 Å². The second kappa shape index (κ2) is 4.62. The van der Waals surface area contributed by atoms with Gasteiger partial charge >= 0.3 is 5.97 Å². The highest BCUT2D eigenvalue weighted by molar-refractivity contribution is 5.86. The van der Waals surface area contributed by atoms with E-state index in [0.29, 0.717) is 6.42 Å². The van der Waals surface area contributed by atoms with Crippen LogP contribution in [-0.4, -0.2) is 15.6 Å². The summed E-state index contributed by atoms with van der Waals surface area (Å²) in [6.07, 6.45) is 3.87. The minimum absolute atomic E-state index is 0.238. The van der Waals surface area contributed by atoms with Crippen LogP contribution in [0, 0.1) is 6.92 Å². The van der Waals surface area contributed by atoms with Gasteiger partial charge in [-0.2, -0.15) is 0 Å². The maximum Gasteiger partial charge on any atom is 0.303 e. The van der Waals surface area contributed by atoms with Gasteiger partial charge in [0, 0.05) is 25.1 Å². The van der Waals surface area contributed by atoms with Gasteiger partial charge in [0.1, 0.15) is 0 Å². The van der Waals surface area contributed by atoms with Crippen LogP contribution in [0.2, 0.25) is 0 Å². The zero-order valence-corrected chi connectivity index (χ0v) is 10.2. The average molecular weight is 231 g/mol. The van der Waals surface area contributed by atoms with E-state index in [1.165, 1.54) is 22.0 Å². The second-order valence-corrected chi connectivity index (χ2v) is 4.48. The van der Waals surface area contributed by atoms with E-state index < -0.39 is 5.97 Å². The Morgan fingerprint density at radius 3 is 2.88 bits per heavy atom. The molecule has 0 bridgehead atoms. The molecule has 0 aliphatic heterocycles. The van der Waals surface area contributed by atoms with Crippen molar-refractivity contribution in [2.45, 2.75) is 26.2 Å². The van der Waals surface area contributed by atoms with Gasteiger partial charge in [-0.15, -0.1) is 0 Å². The van der Waals surface area contributed by atoms with Crippen LogP contribution in [0.3, 0.4) is 0 Å². The molecule has 0 unspecified atom stereocenters. The van der Waals surface area contributed by atoms with Crippen molar-refractivity contribution in [3.63, 3.8) is 0 Å². The van der Waals surface area contributed by atoms with Gasteiger partial charge in [0.05, 0.1) is 5.52 Å². The molecule has 0 aliphatic rings. The standard InChI is InChI=1S/C14H17NO2/c1-10-5-3-7-12-11(6-4-8-13(16)17)9-15(2)14(10)12/h3,5,7,9H,4,6,8H2,1-2H3,(H,16,17). The molecule has 0 saturated carbocycles. The zero-order valence-electron chi connectivity index (χ0n) is 10.2. The number of aliphatic carboxylic acids is 1. The molecule has 3 nitrogen and oxygen atoms in total. The Labute approximate surface area is 101 Å². The molecule has 2 rings (SSSR count). The molecule has 1 aromatic heterocycles. The van der Waals surface area contributed by atoms with E-state index in [1.807, 2.05) is 7.05 Å². The number of hydrogen-bond donors (Lipinski definition) is 1. The maximum atomic E-state index is 10.5. The van der Waals surface area contributed by atoms with Crippen molar-refractivity contribution in [2.75, 3.05) is 0 Å². The van der Waals surface area contributed by atoms with Crippen LogP contribution in [0.4, 0.5) is 0 Å². The third kappa shape index (κ3) is 2.33. The van der Waals surface area contributed by atoms with Gasteiger partial charge in [0.25, 0.3) is 0 Å². The molecular weight excluding hydrogens is 214 g/mol. The van der Waals surface area contributed by atoms with Crippen LogP contribution in [0.5, 0.6) is 0 Å². The molecule has 90 valence electrons. The van der Waals surface area contributed by atoms with Crippen molar-refractivity contribution in [3.05, 3.63) is 35.5 Å². The van der Waals surface area contributed by atoms with Crippen LogP contribution < -0.4 is 0 Å². The lowest BCUT2D eigenvalue weighted by atomic mass is 10.1. The van der Waals surface area contributed by atoms with E-state index in [4.69, 9.17) is 5.11 Å². The molecule has 0 atom stereocenters. The molecule has 1 heterocycles. The Morgan fingerprint density at radius 1 is 1.41 bits per heavy atom. The van der Waals surface area contributed by atoms with Gasteiger partial charge in [-0.1, -0.05) is 18.2 Å². The summed E-state index contributed by atoms with van der Waals surface area (Å²) in [4.78, 5) is 10.5. The van der Waals surface area contributed by atoms with Crippen molar-refractivity contribution in [1.82, 2.24) is 4.57 Å². The number of aryl methyl sites for hydroxylation is 3. The highest BCUT2D eigenvalue weighted by Crippen LogP contribution is 2.24. The summed E-state index contributed by atoms with van der Waals surface area (Å²) >= 11 is 0. The lowest BCUT2D eigenvalue weighted by Gasteiger charge is -2.00. The largest absolute Gasteiger partial charge is 0.481 e. The monoisotopic (exact) mass is 231 g/mol. The molecule has 0 aliphatic carbocycles. The first-order valence-corrected chi connectivity index (χ1v) is 5.85. The topological polar surface area (TPSA) is 42.2 Å². The summed E-state index contributed by atoms with van der Waals surface area (Å²) in [5, 5.41) is 9.90. The van der Waals surface area contributed by atoms with Gasteiger partial charge in [-0.25, -0.2) is 0 Å². The van der Waals surface area contributed by atoms with Crippen molar-refractivity contribution in [2.24, 2.45) is 7.05 Å². The van der Waals surface area contributed by atoms with Crippen LogP contribution in [-0.2, 0) is 18.3 Å². The molecule has 0 radical (unpaired) electrons. The quantitative estimate of drug-likeness (QED) is 0.879. The Balaban J connectivity index is 2.29. The predicted octanol–water partition coefficient (Wildman–Crippen LogP) is 2.89. The van der Waals surface area contributed by atoms with Crippen molar-refractivity contribution in [1.29, 1.82) is 0 Å². The maximum absolute atomic E-state index is 10.5. The molecule has 17 heavy (non-hydrogen) atoms. The Kier molecular flexibility index (Phi) is 3.18. The summed E-state index contributed by atoms with van der Waals surface area (Å²) in [7, 11) is 2.04. The number of nitrogens with zero attached hydrogens (tertiary/aromatic N) is 1. The minimum atomic E-state index is -0.721. The highest BCUT2D eigenvalue weighted by atomic mass is 16.4. The number of carbonyl (C=O) groups is 1. The third-order valence-electron chi connectivity index (χ3n) is 3.12. The van der Waals surface area contributed by atoms with E-state index in [2.05, 4.69) is 35.9 Å². The van der Waals surface area contributed by atoms with Crippen LogP contribution in [0.25, 0.3) is 10.9 Å². The fraction of sp³-hybridized carbons (Fsp3) is 0.357. The van der Waals surface area contributed by atoms with E-state index >= 15 is 0 Å². The SMILES string of the molecule is Cc1cccc2c(CCCC(=O)O)cn(C)c12. The molecule has 0 fully saturated rings. The van der Waals surface area contributed by atoms with Gasteiger partial charge in [0.15, 0.2) is 0 Å². The normalized spacial score (nSPS) is 10.9. The molecule has 0 spiro atoms. The lowest BCUT2D eigenvalue weighted by Crippen LogP contribution is -1.95. The summed E-state index contributed by atoms with van der Waals surface area (Å²) in [5.74, 6) is -0.721. The number of rotatable bonds is 4. The molecular formula is C14H17NO2. The van der Waals surface area contributed by atoms with Gasteiger partial charge in [0.2, 0.25) is 0 Å². The number of aromatic nitrogens is 1. The van der Waals surface area contributed by atoms with Gasteiger partial charge < -0.3 is 9.67 Å². The molecule has 0 saturated heterocycles. The number of benzene rings is 1. The smallest absolute Gasteiger partial charge is 0.303 e. The number of carboxylic acid groups (broad SMARTS) is 1. The summed E-state index contributed by atoms with van der Waals surface area (Å²) < 4.78 is 2.13. The molecule has 1 N–H and O–H groups in total. The lowest BCUT2D eigenvalue weighted by molar-refractivity contribution is -0.137. The van der Waals surface area contributed by atoms with E-state index in [-0.39, 0.29) is 6.42 Å². The number of fused-ring (bicyclic) bond motifs is 1. The summed E-state index contributed by atoms with van der Waals surface area (Å²) in [6.45, 7) is 2.10. The number of hydrogen-bond acceptors (Lipinski definition) is 1. The molecule has 2 aromatic rings. The van der Waals surface area contributed by atoms with Crippen molar-refractivity contribution in [3.8, 4) is 0 Å². The molecule has 1 aromatic carbocycles. The predicted molar refractivity (Wildman–Crippen MR) is 68.2 cm³/mol. The third-order valence-corrected chi connectivity index (χ3v) is 3.12. The number of para-hydroxylation sites is 1. The Bertz CT molecular complexity index is 555. The second-order valence-electron chi connectivity index (χ2n) is 4.48. The molecule has 0 amide bonds. The fourth-order valence-corrected chi connectivity index (χ4v) is 2.38. The Morgan fingerprint density at radius 2 is 2.18 bits per heavy atom. The zero-order chi connectivity index (χ0) is 12.4. The minimum Gasteiger partial charge on any atom is -0.481 e. The highest BCUT2D eigenvalue weighted by Gasteiger charge is 2.08. The van der Waals surface area contributed by atoms with Crippen LogP contribution >= 0.6 is 0 Å². The Hall–Kier alpha value is -1.77. The van der Waals surface area contributed by atoms with E-state index in [0.717, 1.165) is 6.42 Å². The van der Waals surface area contributed by atoms with Crippen molar-refractivity contribution >= 4 is 16.9 Å². The number of carboxylic acids is 1. The molecule has 3 heteroatoms. The first-order valence-electron chi connectivity index (χ1n) is 5.85. The fourth-order valence-electron chi connectivity index (χ4n) is 2.38. The first-order chi connectivity index (χ1) is 8.09. The van der Waals surface area contributed by atoms with Gasteiger partial charge in [-0.3, -0.25) is 4.79 Å². The summed E-state index contributed by atoms with van der Waals surface area (Å²) in [5.41, 5.74) is 3.75. The average Bonchev–Trinajstić information content (AvgIpc) is 2.57. The van der Waals surface area contributed by atoms with E-state index in [1.54, 1.807) is 0 Å². The van der Waals surface area contributed by atoms with Crippen LogP contribution in [0.1, 0.15) is 24.0 Å². The van der Waals surface area contributed by atoms with Crippen molar-refractivity contribution < 1.29 is 9.90 Å². The van der Waals surface area contributed by atoms with Gasteiger partial charge in [-0.05, 0) is 30.9 Å². The summed E-state index contributed by atoms with van der Waals surface area (Å²) in [6, 6.07) is 6.26. The van der Waals surface area contributed by atoms with Crippen LogP contribution in [0.15, 0.2) is 24.4 Å². The first kappa shape index (κ1) is 11.7.